The van der Waals surface area contributed by atoms with Crippen molar-refractivity contribution >= 4 is 34.6 Å². The quantitative estimate of drug-likeness (QED) is 0.765. The van der Waals surface area contributed by atoms with E-state index in [1.807, 2.05) is 42.3 Å². The monoisotopic (exact) mass is 290 g/mol. The second-order valence-corrected chi connectivity index (χ2v) is 4.77. The Morgan fingerprint density at radius 1 is 1.16 bits per heavy atom. The minimum Gasteiger partial charge on any atom is -0.343 e. The van der Waals surface area contributed by atoms with E-state index < -0.39 is 0 Å². The van der Waals surface area contributed by atoms with Crippen molar-refractivity contribution in [3.05, 3.63) is 58.6 Å². The van der Waals surface area contributed by atoms with Crippen LogP contribution in [-0.2, 0) is 5.88 Å². The molecule has 0 saturated carbocycles. The van der Waals surface area contributed by atoms with Crippen LogP contribution in [0.2, 0.25) is 5.02 Å². The van der Waals surface area contributed by atoms with E-state index in [1.165, 1.54) is 0 Å². The van der Waals surface area contributed by atoms with Crippen LogP contribution in [0.15, 0.2) is 42.5 Å². The lowest BCUT2D eigenvalue weighted by molar-refractivity contribution is 1.17. The van der Waals surface area contributed by atoms with Gasteiger partial charge in [0.25, 0.3) is 0 Å². The topological polar surface area (TPSA) is 27.0 Å². The van der Waals surface area contributed by atoms with Gasteiger partial charge in [0.2, 0.25) is 0 Å². The minimum atomic E-state index is 0.399. The van der Waals surface area contributed by atoms with Gasteiger partial charge in [0, 0.05) is 18.6 Å². The first-order valence-corrected chi connectivity index (χ1v) is 6.66. The van der Waals surface area contributed by atoms with Gasteiger partial charge in [-0.3, -0.25) is 0 Å². The Kier molecular flexibility index (Phi) is 4.31. The smallest absolute Gasteiger partial charge is 0.0991 e. The average molecular weight is 291 g/mol. The summed E-state index contributed by atoms with van der Waals surface area (Å²) in [6.45, 7) is 0. The molecule has 0 unspecified atom stereocenters. The maximum Gasteiger partial charge on any atom is 0.0991 e. The number of alkyl halides is 1. The van der Waals surface area contributed by atoms with Gasteiger partial charge >= 0.3 is 0 Å². The summed E-state index contributed by atoms with van der Waals surface area (Å²) in [5, 5.41) is 9.47. The van der Waals surface area contributed by atoms with E-state index in [0.29, 0.717) is 16.5 Å². The largest absolute Gasteiger partial charge is 0.343 e. The van der Waals surface area contributed by atoms with Gasteiger partial charge in [-0.1, -0.05) is 23.7 Å². The van der Waals surface area contributed by atoms with Crippen LogP contribution in [0.25, 0.3) is 0 Å². The summed E-state index contributed by atoms with van der Waals surface area (Å²) < 4.78 is 0. The Morgan fingerprint density at radius 3 is 2.42 bits per heavy atom. The molecule has 0 fully saturated rings. The number of halogens is 2. The second kappa shape index (κ2) is 5.97. The maximum atomic E-state index is 8.81. The summed E-state index contributed by atoms with van der Waals surface area (Å²) in [6.07, 6.45) is 0. The van der Waals surface area contributed by atoms with Crippen LogP contribution in [0.4, 0.5) is 11.4 Å². The fourth-order valence-electron chi connectivity index (χ4n) is 1.93. The number of hydrogen-bond acceptors (Lipinski definition) is 2. The molecule has 2 nitrogen and oxygen atoms in total. The van der Waals surface area contributed by atoms with Gasteiger partial charge in [0.05, 0.1) is 22.3 Å². The molecular weight excluding hydrogens is 279 g/mol. The number of anilines is 2. The van der Waals surface area contributed by atoms with Crippen molar-refractivity contribution in [1.82, 2.24) is 0 Å². The molecule has 0 aromatic heterocycles. The number of nitriles is 1. The van der Waals surface area contributed by atoms with Crippen LogP contribution in [0, 0.1) is 11.3 Å². The van der Waals surface area contributed by atoms with Gasteiger partial charge in [-0.2, -0.15) is 5.26 Å². The number of para-hydroxylation sites is 1. The molecule has 0 saturated heterocycles. The first-order chi connectivity index (χ1) is 9.17. The zero-order valence-corrected chi connectivity index (χ0v) is 11.9. The average Bonchev–Trinajstić information content (AvgIpc) is 2.46. The molecule has 19 heavy (non-hydrogen) atoms. The lowest BCUT2D eigenvalue weighted by atomic mass is 10.1. The molecule has 0 aliphatic carbocycles. The third-order valence-corrected chi connectivity index (χ3v) is 3.53. The second-order valence-electron chi connectivity index (χ2n) is 4.10. The van der Waals surface area contributed by atoms with Crippen LogP contribution in [0.5, 0.6) is 0 Å². The van der Waals surface area contributed by atoms with Gasteiger partial charge in [0.15, 0.2) is 0 Å². The molecule has 2 rings (SSSR count). The van der Waals surface area contributed by atoms with Gasteiger partial charge < -0.3 is 4.90 Å². The summed E-state index contributed by atoms with van der Waals surface area (Å²) in [7, 11) is 1.93. The fraction of sp³-hybridized carbons (Fsp3) is 0.133. The van der Waals surface area contributed by atoms with E-state index in [-0.39, 0.29) is 0 Å². The van der Waals surface area contributed by atoms with E-state index in [0.717, 1.165) is 16.9 Å². The van der Waals surface area contributed by atoms with Crippen molar-refractivity contribution in [1.29, 1.82) is 5.26 Å². The van der Waals surface area contributed by atoms with E-state index >= 15 is 0 Å². The summed E-state index contributed by atoms with van der Waals surface area (Å²) in [4.78, 5) is 1.97. The lowest BCUT2D eigenvalue weighted by Gasteiger charge is -2.23. The molecule has 0 atom stereocenters. The summed E-state index contributed by atoms with van der Waals surface area (Å²) >= 11 is 12.2. The predicted octanol–water partition coefficient (Wildman–Crippen LogP) is 4.72. The third-order valence-electron chi connectivity index (χ3n) is 2.93. The number of benzene rings is 2. The molecule has 0 spiro atoms. The molecule has 0 aliphatic heterocycles. The minimum absolute atomic E-state index is 0.399. The molecule has 0 amide bonds. The normalized spacial score (nSPS) is 10.0. The van der Waals surface area contributed by atoms with Crippen molar-refractivity contribution in [2.45, 2.75) is 5.88 Å². The molecule has 0 aliphatic rings. The Balaban J connectivity index is 2.43. The highest BCUT2D eigenvalue weighted by Gasteiger charge is 2.12. The predicted molar refractivity (Wildman–Crippen MR) is 80.2 cm³/mol. The Bertz CT molecular complexity index is 615. The molecule has 2 aromatic rings. The fourth-order valence-corrected chi connectivity index (χ4v) is 2.47. The van der Waals surface area contributed by atoms with Crippen molar-refractivity contribution in [2.75, 3.05) is 11.9 Å². The molecule has 4 heteroatoms. The molecule has 0 bridgehead atoms. The highest BCUT2D eigenvalue weighted by molar-refractivity contribution is 6.33. The van der Waals surface area contributed by atoms with E-state index in [1.54, 1.807) is 12.1 Å². The molecule has 0 N–H and O–H groups in total. The van der Waals surface area contributed by atoms with Crippen LogP contribution in [0.3, 0.4) is 0 Å². The molecule has 0 heterocycles. The maximum absolute atomic E-state index is 8.81. The summed E-state index contributed by atoms with van der Waals surface area (Å²) in [5.74, 6) is 0.399. The summed E-state index contributed by atoms with van der Waals surface area (Å²) in [5.41, 5.74) is 3.46. The molecule has 0 radical (unpaired) electrons. The van der Waals surface area contributed by atoms with E-state index in [4.69, 9.17) is 28.5 Å². The van der Waals surface area contributed by atoms with Crippen LogP contribution >= 0.6 is 23.2 Å². The van der Waals surface area contributed by atoms with E-state index in [2.05, 4.69) is 6.07 Å². The number of rotatable bonds is 3. The van der Waals surface area contributed by atoms with Crippen molar-refractivity contribution in [3.8, 4) is 6.07 Å². The highest BCUT2D eigenvalue weighted by atomic mass is 35.5. The van der Waals surface area contributed by atoms with Crippen LogP contribution < -0.4 is 4.90 Å². The Hall–Kier alpha value is -1.69. The first kappa shape index (κ1) is 13.7. The Labute approximate surface area is 122 Å². The standard InChI is InChI=1S/C15H12Cl2N2/c1-19(13-7-5-11(10-18)6-8-13)15-12(9-16)3-2-4-14(15)17/h2-8H,9H2,1H3. The molecule has 96 valence electrons. The molecular formula is C15H12Cl2N2. The van der Waals surface area contributed by atoms with Gasteiger partial charge in [0.1, 0.15) is 0 Å². The molecule has 2 aromatic carbocycles. The van der Waals surface area contributed by atoms with E-state index in [9.17, 15) is 0 Å². The first-order valence-electron chi connectivity index (χ1n) is 5.74. The zero-order chi connectivity index (χ0) is 13.8. The Morgan fingerprint density at radius 2 is 1.84 bits per heavy atom. The van der Waals surface area contributed by atoms with Crippen LogP contribution in [0.1, 0.15) is 11.1 Å². The zero-order valence-electron chi connectivity index (χ0n) is 10.4. The van der Waals surface area contributed by atoms with Crippen molar-refractivity contribution in [3.63, 3.8) is 0 Å². The number of hydrogen-bond donors (Lipinski definition) is 0. The highest BCUT2D eigenvalue weighted by Crippen LogP contribution is 2.34. The lowest BCUT2D eigenvalue weighted by Crippen LogP contribution is -2.12. The number of nitrogens with zero attached hydrogens (tertiary/aromatic N) is 2. The van der Waals surface area contributed by atoms with Gasteiger partial charge in [-0.15, -0.1) is 11.6 Å². The SMILES string of the molecule is CN(c1ccc(C#N)cc1)c1c(Cl)cccc1CCl. The summed E-state index contributed by atoms with van der Waals surface area (Å²) in [6, 6.07) is 15.1. The van der Waals surface area contributed by atoms with Crippen molar-refractivity contribution in [2.24, 2.45) is 0 Å². The third kappa shape index (κ3) is 2.84. The van der Waals surface area contributed by atoms with Gasteiger partial charge in [-0.25, -0.2) is 0 Å². The van der Waals surface area contributed by atoms with Crippen LogP contribution in [-0.4, -0.2) is 7.05 Å². The van der Waals surface area contributed by atoms with Gasteiger partial charge in [-0.05, 0) is 35.9 Å². The van der Waals surface area contributed by atoms with Crippen molar-refractivity contribution < 1.29 is 0 Å².